The molecule has 2 N–H and O–H groups in total. The van der Waals surface area contributed by atoms with Crippen molar-refractivity contribution in [1.82, 2.24) is 14.6 Å². The van der Waals surface area contributed by atoms with Crippen LogP contribution in [0.4, 0.5) is 0 Å². The fourth-order valence-corrected chi connectivity index (χ4v) is 4.66. The van der Waals surface area contributed by atoms with E-state index >= 15 is 0 Å². The van der Waals surface area contributed by atoms with Crippen LogP contribution in [0.3, 0.4) is 0 Å². The van der Waals surface area contributed by atoms with E-state index in [0.717, 1.165) is 23.1 Å². The Balaban J connectivity index is 1.30. The number of carbonyl (C=O) groups is 1. The topological polar surface area (TPSA) is 91.5 Å². The van der Waals surface area contributed by atoms with E-state index in [1.165, 1.54) is 21.5 Å². The zero-order valence-electron chi connectivity index (χ0n) is 17.6. The molecule has 1 amide bonds. The first-order chi connectivity index (χ1) is 14.9. The van der Waals surface area contributed by atoms with Gasteiger partial charge in [0.25, 0.3) is 0 Å². The van der Waals surface area contributed by atoms with Gasteiger partial charge in [-0.2, -0.15) is 4.31 Å². The van der Waals surface area contributed by atoms with Crippen LogP contribution in [0, 0.1) is 0 Å². The summed E-state index contributed by atoms with van der Waals surface area (Å²) in [6, 6.07) is 13.9. The molecule has 2 aromatic carbocycles. The summed E-state index contributed by atoms with van der Waals surface area (Å²) in [7, 11) is -3.29. The predicted octanol–water partition coefficient (Wildman–Crippen LogP) is 2.61. The number of amides is 1. The molecule has 4 rings (SSSR count). The molecule has 0 saturated heterocycles. The molecule has 1 aliphatic rings. The first kappa shape index (κ1) is 21.4. The van der Waals surface area contributed by atoms with Gasteiger partial charge < -0.3 is 15.0 Å². The lowest BCUT2D eigenvalue weighted by Gasteiger charge is -2.16. The Labute approximate surface area is 182 Å². The Bertz CT molecular complexity index is 1190. The molecule has 0 unspecified atom stereocenters. The number of benzene rings is 2. The summed E-state index contributed by atoms with van der Waals surface area (Å²) in [5, 5.41) is 4.18. The highest BCUT2D eigenvalue weighted by molar-refractivity contribution is 7.88. The van der Waals surface area contributed by atoms with Gasteiger partial charge in [0, 0.05) is 48.7 Å². The number of aryl methyl sites for hydroxylation is 1. The minimum absolute atomic E-state index is 0.00352. The largest absolute Gasteiger partial charge is 0.492 e. The Morgan fingerprint density at radius 2 is 2.03 bits per heavy atom. The quantitative estimate of drug-likeness (QED) is 0.590. The van der Waals surface area contributed by atoms with E-state index < -0.39 is 10.0 Å². The Kier molecular flexibility index (Phi) is 6.29. The Morgan fingerprint density at radius 3 is 2.87 bits per heavy atom. The number of hydrogen-bond acceptors (Lipinski definition) is 4. The first-order valence-electron chi connectivity index (χ1n) is 10.4. The summed E-state index contributed by atoms with van der Waals surface area (Å²) < 4.78 is 30.9. The number of carbonyl (C=O) groups excluding carboxylic acids is 1. The minimum atomic E-state index is -3.29. The number of H-pyrrole nitrogens is 1. The Morgan fingerprint density at radius 1 is 1.19 bits per heavy atom. The van der Waals surface area contributed by atoms with Gasteiger partial charge in [-0.05, 0) is 36.1 Å². The van der Waals surface area contributed by atoms with Crippen molar-refractivity contribution in [3.05, 3.63) is 65.4 Å². The van der Waals surface area contributed by atoms with Gasteiger partial charge in [0.1, 0.15) is 12.4 Å². The molecular formula is C23H27N3O4S. The van der Waals surface area contributed by atoms with Crippen molar-refractivity contribution in [3.8, 4) is 5.75 Å². The van der Waals surface area contributed by atoms with E-state index in [-0.39, 0.29) is 5.91 Å². The normalized spacial score (nSPS) is 14.6. The molecular weight excluding hydrogens is 414 g/mol. The fraction of sp³-hybridized carbons (Fsp3) is 0.348. The summed E-state index contributed by atoms with van der Waals surface area (Å²) in [5.41, 5.74) is 4.12. The van der Waals surface area contributed by atoms with E-state index in [1.807, 2.05) is 42.6 Å². The monoisotopic (exact) mass is 441 g/mol. The van der Waals surface area contributed by atoms with Crippen LogP contribution in [0.25, 0.3) is 10.9 Å². The molecule has 7 nitrogen and oxygen atoms in total. The standard InChI is InChI=1S/C23H27N3O4S/c1-31(28,29)26-12-13-30-22-8-6-17(14-19(22)16-26)7-9-23(27)24-11-10-18-15-25-21-5-3-2-4-20(18)21/h2-6,8,14-15,25H,7,9-13,16H2,1H3,(H,24,27). The summed E-state index contributed by atoms with van der Waals surface area (Å²) in [6.07, 6.45) is 4.94. The molecule has 8 heteroatoms. The lowest BCUT2D eigenvalue weighted by atomic mass is 10.0. The molecule has 0 bridgehead atoms. The van der Waals surface area contributed by atoms with Crippen molar-refractivity contribution in [2.24, 2.45) is 0 Å². The summed E-state index contributed by atoms with van der Waals surface area (Å²) >= 11 is 0. The van der Waals surface area contributed by atoms with Gasteiger partial charge in [-0.3, -0.25) is 4.79 Å². The summed E-state index contributed by atoms with van der Waals surface area (Å²) in [6.45, 7) is 1.54. The van der Waals surface area contributed by atoms with Crippen LogP contribution in [0.15, 0.2) is 48.7 Å². The number of aromatic amines is 1. The molecule has 31 heavy (non-hydrogen) atoms. The second-order valence-electron chi connectivity index (χ2n) is 7.85. The fourth-order valence-electron chi connectivity index (χ4n) is 3.88. The highest BCUT2D eigenvalue weighted by atomic mass is 32.2. The van der Waals surface area contributed by atoms with Crippen LogP contribution in [-0.4, -0.2) is 49.6 Å². The smallest absolute Gasteiger partial charge is 0.220 e. The van der Waals surface area contributed by atoms with Crippen molar-refractivity contribution in [3.63, 3.8) is 0 Å². The molecule has 164 valence electrons. The SMILES string of the molecule is CS(=O)(=O)N1CCOc2ccc(CCC(=O)NCCc3c[nH]c4ccccc34)cc2C1. The maximum Gasteiger partial charge on any atom is 0.220 e. The number of nitrogens with zero attached hydrogens (tertiary/aromatic N) is 1. The predicted molar refractivity (Wildman–Crippen MR) is 121 cm³/mol. The van der Waals surface area contributed by atoms with E-state index in [0.29, 0.717) is 44.8 Å². The number of ether oxygens (including phenoxy) is 1. The van der Waals surface area contributed by atoms with Crippen molar-refractivity contribution in [2.75, 3.05) is 26.0 Å². The maximum atomic E-state index is 12.3. The van der Waals surface area contributed by atoms with Gasteiger partial charge in [-0.15, -0.1) is 0 Å². The van der Waals surface area contributed by atoms with Gasteiger partial charge in [-0.1, -0.05) is 30.3 Å². The zero-order chi connectivity index (χ0) is 21.8. The molecule has 0 atom stereocenters. The summed E-state index contributed by atoms with van der Waals surface area (Å²) in [4.78, 5) is 15.6. The van der Waals surface area contributed by atoms with Crippen LogP contribution >= 0.6 is 0 Å². The van der Waals surface area contributed by atoms with Gasteiger partial charge in [0.2, 0.25) is 15.9 Å². The maximum absolute atomic E-state index is 12.3. The highest BCUT2D eigenvalue weighted by Gasteiger charge is 2.22. The molecule has 0 saturated carbocycles. The number of aromatic nitrogens is 1. The lowest BCUT2D eigenvalue weighted by molar-refractivity contribution is -0.121. The number of hydrogen-bond donors (Lipinski definition) is 2. The third-order valence-electron chi connectivity index (χ3n) is 5.57. The second kappa shape index (κ2) is 9.11. The van der Waals surface area contributed by atoms with Crippen molar-refractivity contribution in [1.29, 1.82) is 0 Å². The number of nitrogens with one attached hydrogen (secondary N) is 2. The highest BCUT2D eigenvalue weighted by Crippen LogP contribution is 2.26. The molecule has 1 aromatic heterocycles. The van der Waals surface area contributed by atoms with Gasteiger partial charge >= 0.3 is 0 Å². The number of rotatable bonds is 7. The van der Waals surface area contributed by atoms with E-state index in [1.54, 1.807) is 0 Å². The zero-order valence-corrected chi connectivity index (χ0v) is 18.4. The van der Waals surface area contributed by atoms with Gasteiger partial charge in [0.05, 0.1) is 6.26 Å². The van der Waals surface area contributed by atoms with Crippen molar-refractivity contribution < 1.29 is 17.9 Å². The Hall–Kier alpha value is -2.84. The third kappa shape index (κ3) is 5.26. The van der Waals surface area contributed by atoms with Gasteiger partial charge in [-0.25, -0.2) is 8.42 Å². The van der Waals surface area contributed by atoms with Crippen LogP contribution in [0.5, 0.6) is 5.75 Å². The van der Waals surface area contributed by atoms with Crippen molar-refractivity contribution in [2.45, 2.75) is 25.8 Å². The van der Waals surface area contributed by atoms with Crippen LogP contribution in [-0.2, 0) is 34.2 Å². The van der Waals surface area contributed by atoms with E-state index in [2.05, 4.69) is 16.4 Å². The first-order valence-corrected chi connectivity index (χ1v) is 12.3. The second-order valence-corrected chi connectivity index (χ2v) is 9.83. The van der Waals surface area contributed by atoms with E-state index in [4.69, 9.17) is 4.74 Å². The van der Waals surface area contributed by atoms with Crippen LogP contribution in [0.2, 0.25) is 0 Å². The molecule has 0 aliphatic carbocycles. The van der Waals surface area contributed by atoms with Crippen LogP contribution in [0.1, 0.15) is 23.1 Å². The molecule has 1 aliphatic heterocycles. The third-order valence-corrected chi connectivity index (χ3v) is 6.82. The molecule has 3 aromatic rings. The summed E-state index contributed by atoms with van der Waals surface area (Å²) in [5.74, 6) is 0.710. The van der Waals surface area contributed by atoms with Crippen molar-refractivity contribution >= 4 is 26.8 Å². The number of fused-ring (bicyclic) bond motifs is 2. The molecule has 0 fully saturated rings. The van der Waals surface area contributed by atoms with Crippen LogP contribution < -0.4 is 10.1 Å². The molecule has 0 radical (unpaired) electrons. The average molecular weight is 442 g/mol. The lowest BCUT2D eigenvalue weighted by Crippen LogP contribution is -2.31. The molecule has 0 spiro atoms. The van der Waals surface area contributed by atoms with Gasteiger partial charge in [0.15, 0.2) is 0 Å². The van der Waals surface area contributed by atoms with E-state index in [9.17, 15) is 13.2 Å². The number of sulfonamides is 1. The average Bonchev–Trinajstić information content (AvgIpc) is 3.01. The minimum Gasteiger partial charge on any atom is -0.492 e. The number of para-hydroxylation sites is 1. The molecule has 2 heterocycles.